The van der Waals surface area contributed by atoms with Crippen molar-refractivity contribution in [2.45, 2.75) is 6.42 Å². The molecule has 0 heterocycles. The van der Waals surface area contributed by atoms with Crippen LogP contribution in [0.1, 0.15) is 15.9 Å². The van der Waals surface area contributed by atoms with E-state index in [1.165, 1.54) is 0 Å². The number of anilines is 1. The van der Waals surface area contributed by atoms with Crippen molar-refractivity contribution in [1.82, 2.24) is 0 Å². The van der Waals surface area contributed by atoms with E-state index in [4.69, 9.17) is 28.9 Å². The minimum absolute atomic E-state index is 0.228. The average Bonchev–Trinajstić information content (AvgIpc) is 2.45. The molecular weight excluding hydrogens is 295 g/mol. The largest absolute Gasteiger partial charge is 0.330 e. The maximum absolute atomic E-state index is 12.1. The highest BCUT2D eigenvalue weighted by molar-refractivity contribution is 6.44. The number of halogens is 2. The number of hydrogen-bond donors (Lipinski definition) is 2. The predicted octanol–water partition coefficient (Wildman–Crippen LogP) is 3.75. The third kappa shape index (κ3) is 3.51. The van der Waals surface area contributed by atoms with Crippen LogP contribution in [0.25, 0.3) is 0 Å². The van der Waals surface area contributed by atoms with E-state index < -0.39 is 0 Å². The lowest BCUT2D eigenvalue weighted by Crippen LogP contribution is -2.12. The van der Waals surface area contributed by atoms with Crippen molar-refractivity contribution in [3.63, 3.8) is 0 Å². The lowest BCUT2D eigenvalue weighted by Gasteiger charge is -2.08. The van der Waals surface area contributed by atoms with Gasteiger partial charge in [0.1, 0.15) is 0 Å². The number of amides is 1. The summed E-state index contributed by atoms with van der Waals surface area (Å²) in [5, 5.41) is 3.48. The van der Waals surface area contributed by atoms with Crippen LogP contribution in [0.2, 0.25) is 10.0 Å². The number of benzene rings is 2. The fourth-order valence-corrected chi connectivity index (χ4v) is 2.13. The number of rotatable bonds is 4. The van der Waals surface area contributed by atoms with E-state index in [2.05, 4.69) is 5.32 Å². The molecule has 5 heteroatoms. The van der Waals surface area contributed by atoms with Crippen LogP contribution < -0.4 is 11.1 Å². The Bertz CT molecular complexity index is 612. The minimum atomic E-state index is -0.228. The van der Waals surface area contributed by atoms with E-state index in [0.717, 1.165) is 12.0 Å². The summed E-state index contributed by atoms with van der Waals surface area (Å²) in [5.74, 6) is -0.228. The van der Waals surface area contributed by atoms with Gasteiger partial charge in [0, 0.05) is 5.56 Å². The van der Waals surface area contributed by atoms with Crippen molar-refractivity contribution in [3.8, 4) is 0 Å². The van der Waals surface area contributed by atoms with Crippen molar-refractivity contribution in [2.24, 2.45) is 5.73 Å². The zero-order chi connectivity index (χ0) is 14.5. The molecule has 0 fully saturated rings. The van der Waals surface area contributed by atoms with Gasteiger partial charge in [-0.1, -0.05) is 41.4 Å². The summed E-state index contributed by atoms with van der Waals surface area (Å²) in [7, 11) is 0. The van der Waals surface area contributed by atoms with Crippen LogP contribution in [0.15, 0.2) is 42.5 Å². The van der Waals surface area contributed by atoms with Crippen molar-refractivity contribution < 1.29 is 4.79 Å². The van der Waals surface area contributed by atoms with Crippen LogP contribution in [0, 0.1) is 0 Å². The Labute approximate surface area is 127 Å². The molecule has 0 unspecified atom stereocenters. The second kappa shape index (κ2) is 6.75. The third-order valence-corrected chi connectivity index (χ3v) is 3.67. The van der Waals surface area contributed by atoms with Gasteiger partial charge in [-0.2, -0.15) is 0 Å². The summed E-state index contributed by atoms with van der Waals surface area (Å²) in [5.41, 5.74) is 7.64. The smallest absolute Gasteiger partial charge is 0.255 e. The first-order valence-electron chi connectivity index (χ1n) is 6.16. The fourth-order valence-electron chi connectivity index (χ4n) is 1.78. The van der Waals surface area contributed by atoms with E-state index in [-0.39, 0.29) is 5.91 Å². The Balaban J connectivity index is 2.13. The summed E-state index contributed by atoms with van der Waals surface area (Å²) >= 11 is 11.9. The van der Waals surface area contributed by atoms with E-state index in [0.29, 0.717) is 27.8 Å². The molecule has 0 saturated heterocycles. The molecule has 2 rings (SSSR count). The van der Waals surface area contributed by atoms with Gasteiger partial charge in [0.2, 0.25) is 0 Å². The second-order valence-corrected chi connectivity index (χ2v) is 5.08. The van der Waals surface area contributed by atoms with E-state index in [1.54, 1.807) is 30.3 Å². The van der Waals surface area contributed by atoms with Crippen LogP contribution in [-0.2, 0) is 6.42 Å². The molecule has 0 spiro atoms. The van der Waals surface area contributed by atoms with Crippen LogP contribution in [-0.4, -0.2) is 12.5 Å². The number of nitrogens with one attached hydrogen (secondary N) is 1. The quantitative estimate of drug-likeness (QED) is 0.904. The van der Waals surface area contributed by atoms with Crippen LogP contribution in [0.5, 0.6) is 0 Å². The lowest BCUT2D eigenvalue weighted by molar-refractivity contribution is 0.102. The SMILES string of the molecule is NCCc1ccc(C(=O)Nc2cccc(Cl)c2Cl)cc1. The summed E-state index contributed by atoms with van der Waals surface area (Å²) < 4.78 is 0. The normalized spacial score (nSPS) is 10.3. The molecule has 2 aromatic carbocycles. The van der Waals surface area contributed by atoms with E-state index in [1.807, 2.05) is 12.1 Å². The number of nitrogens with two attached hydrogens (primary N) is 1. The predicted molar refractivity (Wildman–Crippen MR) is 83.6 cm³/mol. The number of carbonyl (C=O) groups excluding carboxylic acids is 1. The van der Waals surface area contributed by atoms with Crippen molar-refractivity contribution >= 4 is 34.8 Å². The number of carbonyl (C=O) groups is 1. The van der Waals surface area contributed by atoms with Crippen molar-refractivity contribution in [2.75, 3.05) is 11.9 Å². The molecule has 0 aliphatic heterocycles. The summed E-state index contributed by atoms with van der Waals surface area (Å²) in [4.78, 5) is 12.1. The average molecular weight is 309 g/mol. The molecule has 20 heavy (non-hydrogen) atoms. The first-order chi connectivity index (χ1) is 9.61. The zero-order valence-electron chi connectivity index (χ0n) is 10.7. The first kappa shape index (κ1) is 14.9. The molecule has 1 amide bonds. The molecule has 3 N–H and O–H groups in total. The Hall–Kier alpha value is -1.55. The van der Waals surface area contributed by atoms with Gasteiger partial charge in [-0.3, -0.25) is 4.79 Å². The monoisotopic (exact) mass is 308 g/mol. The Morgan fingerprint density at radius 3 is 2.45 bits per heavy atom. The molecule has 0 aliphatic carbocycles. The van der Waals surface area contributed by atoms with Crippen molar-refractivity contribution in [1.29, 1.82) is 0 Å². The maximum atomic E-state index is 12.1. The molecule has 0 aromatic heterocycles. The summed E-state index contributed by atoms with van der Waals surface area (Å²) in [6, 6.07) is 12.4. The van der Waals surface area contributed by atoms with Gasteiger partial charge < -0.3 is 11.1 Å². The Morgan fingerprint density at radius 2 is 1.80 bits per heavy atom. The van der Waals surface area contributed by atoms with Crippen LogP contribution in [0.3, 0.4) is 0 Å². The van der Waals surface area contributed by atoms with Gasteiger partial charge in [-0.05, 0) is 42.8 Å². The van der Waals surface area contributed by atoms with Gasteiger partial charge >= 0.3 is 0 Å². The van der Waals surface area contributed by atoms with Gasteiger partial charge in [-0.15, -0.1) is 0 Å². The van der Waals surface area contributed by atoms with Crippen LogP contribution >= 0.6 is 23.2 Å². The molecule has 3 nitrogen and oxygen atoms in total. The summed E-state index contributed by atoms with van der Waals surface area (Å²) in [6.45, 7) is 0.587. The lowest BCUT2D eigenvalue weighted by atomic mass is 10.1. The number of hydrogen-bond acceptors (Lipinski definition) is 2. The highest BCUT2D eigenvalue weighted by atomic mass is 35.5. The highest BCUT2D eigenvalue weighted by Crippen LogP contribution is 2.29. The molecule has 0 atom stereocenters. The van der Waals surface area contributed by atoms with Gasteiger partial charge in [0.05, 0.1) is 15.7 Å². The standard InChI is InChI=1S/C15H14Cl2N2O/c16-12-2-1-3-13(14(12)17)19-15(20)11-6-4-10(5-7-11)8-9-18/h1-7H,8-9,18H2,(H,19,20). The van der Waals surface area contributed by atoms with E-state index >= 15 is 0 Å². The fraction of sp³-hybridized carbons (Fsp3) is 0.133. The molecule has 0 saturated carbocycles. The molecule has 0 aliphatic rings. The third-order valence-electron chi connectivity index (χ3n) is 2.85. The Kier molecular flexibility index (Phi) is 5.01. The van der Waals surface area contributed by atoms with Crippen molar-refractivity contribution in [3.05, 3.63) is 63.6 Å². The Morgan fingerprint density at radius 1 is 1.10 bits per heavy atom. The van der Waals surface area contributed by atoms with Crippen LogP contribution in [0.4, 0.5) is 5.69 Å². The molecule has 104 valence electrons. The zero-order valence-corrected chi connectivity index (χ0v) is 12.2. The molecule has 2 aromatic rings. The van der Waals surface area contributed by atoms with Gasteiger partial charge in [0.15, 0.2) is 0 Å². The maximum Gasteiger partial charge on any atom is 0.255 e. The summed E-state index contributed by atoms with van der Waals surface area (Å²) in [6.07, 6.45) is 0.794. The first-order valence-corrected chi connectivity index (χ1v) is 6.92. The van der Waals surface area contributed by atoms with Gasteiger partial charge in [0.25, 0.3) is 5.91 Å². The topological polar surface area (TPSA) is 55.1 Å². The van der Waals surface area contributed by atoms with Gasteiger partial charge in [-0.25, -0.2) is 0 Å². The minimum Gasteiger partial charge on any atom is -0.330 e. The highest BCUT2D eigenvalue weighted by Gasteiger charge is 2.10. The van der Waals surface area contributed by atoms with E-state index in [9.17, 15) is 4.79 Å². The second-order valence-electron chi connectivity index (χ2n) is 4.29. The molecule has 0 radical (unpaired) electrons. The molecule has 0 bridgehead atoms. The molecular formula is C15H14Cl2N2O.